The summed E-state index contributed by atoms with van der Waals surface area (Å²) >= 11 is 0. The van der Waals surface area contributed by atoms with Crippen LogP contribution in [0.5, 0.6) is 5.75 Å². The average Bonchev–Trinajstić information content (AvgIpc) is 3.37. The second kappa shape index (κ2) is 12.0. The van der Waals surface area contributed by atoms with E-state index in [2.05, 4.69) is 74.0 Å². The van der Waals surface area contributed by atoms with Crippen molar-refractivity contribution in [1.82, 2.24) is 10.6 Å². The van der Waals surface area contributed by atoms with Gasteiger partial charge in [-0.05, 0) is 42.7 Å². The molecule has 172 valence electrons. The van der Waals surface area contributed by atoms with Gasteiger partial charge in [-0.25, -0.2) is 0 Å². The molecule has 0 spiro atoms. The second-order valence-electron chi connectivity index (χ2n) is 8.07. The third kappa shape index (κ3) is 6.09. The Morgan fingerprint density at radius 2 is 1.91 bits per heavy atom. The van der Waals surface area contributed by atoms with Gasteiger partial charge in [0.1, 0.15) is 5.75 Å². The van der Waals surface area contributed by atoms with Crippen molar-refractivity contribution in [2.45, 2.75) is 25.4 Å². The minimum absolute atomic E-state index is 0. The van der Waals surface area contributed by atoms with Crippen molar-refractivity contribution >= 4 is 41.3 Å². The Balaban J connectivity index is 0.00000289. The van der Waals surface area contributed by atoms with E-state index in [1.165, 1.54) is 11.3 Å². The van der Waals surface area contributed by atoms with Gasteiger partial charge < -0.3 is 25.2 Å². The van der Waals surface area contributed by atoms with Crippen LogP contribution >= 0.6 is 24.0 Å². The summed E-state index contributed by atoms with van der Waals surface area (Å²) < 4.78 is 5.56. The maximum absolute atomic E-state index is 5.56. The fourth-order valence-corrected chi connectivity index (χ4v) is 4.33. The number of nitrogens with one attached hydrogen (secondary N) is 2. The molecule has 0 bridgehead atoms. The van der Waals surface area contributed by atoms with Gasteiger partial charge in [-0.2, -0.15) is 0 Å². The zero-order valence-electron chi connectivity index (χ0n) is 19.0. The summed E-state index contributed by atoms with van der Waals surface area (Å²) in [5.74, 6) is 1.78. The molecule has 32 heavy (non-hydrogen) atoms. The number of aliphatic imine (C=N–C) groups is 1. The maximum Gasteiger partial charge on any atom is 0.191 e. The van der Waals surface area contributed by atoms with Gasteiger partial charge >= 0.3 is 0 Å². The monoisotopic (exact) mass is 547 g/mol. The van der Waals surface area contributed by atoms with Gasteiger partial charge in [-0.3, -0.25) is 4.99 Å². The first-order valence-corrected chi connectivity index (χ1v) is 11.1. The topological polar surface area (TPSA) is 52.1 Å². The van der Waals surface area contributed by atoms with Crippen LogP contribution in [-0.2, 0) is 6.54 Å². The number of ether oxygens (including phenoxy) is 1. The van der Waals surface area contributed by atoms with E-state index in [0.29, 0.717) is 6.04 Å². The molecule has 2 aromatic rings. The number of methoxy groups -OCH3 is 1. The van der Waals surface area contributed by atoms with E-state index >= 15 is 0 Å². The molecule has 1 fully saturated rings. The largest absolute Gasteiger partial charge is 0.495 e. The smallest absolute Gasteiger partial charge is 0.191 e. The van der Waals surface area contributed by atoms with Crippen LogP contribution in [0.2, 0.25) is 0 Å². The van der Waals surface area contributed by atoms with Gasteiger partial charge in [0.2, 0.25) is 0 Å². The number of benzene rings is 2. The SMILES string of the molecule is CN=C(NCc1cccc(N2CC=CC2)c1)NC1CCCN(c2ccccc2OC)C1.I. The quantitative estimate of drug-likeness (QED) is 0.248. The number of hydrogen-bond donors (Lipinski definition) is 2. The lowest BCUT2D eigenvalue weighted by Gasteiger charge is -2.36. The van der Waals surface area contributed by atoms with Crippen molar-refractivity contribution in [3.8, 4) is 5.75 Å². The first-order valence-electron chi connectivity index (χ1n) is 11.1. The Labute approximate surface area is 208 Å². The third-order valence-electron chi connectivity index (χ3n) is 5.97. The first-order chi connectivity index (χ1) is 15.3. The number of anilines is 2. The number of guanidine groups is 1. The van der Waals surface area contributed by atoms with Crippen molar-refractivity contribution < 1.29 is 4.74 Å². The van der Waals surface area contributed by atoms with Crippen molar-refractivity contribution in [3.05, 3.63) is 66.2 Å². The lowest BCUT2D eigenvalue weighted by Crippen LogP contribution is -2.51. The standard InChI is InChI=1S/C25H33N5O.HI/c1-26-25(27-18-20-9-7-11-22(17-20)29-14-5-6-15-29)28-21-10-8-16-30(19-21)23-12-3-4-13-24(23)31-2;/h3-7,9,11-13,17,21H,8,10,14-16,18-19H2,1-2H3,(H2,26,27,28);1H. The van der Waals surface area contributed by atoms with Gasteiger partial charge in [0.15, 0.2) is 5.96 Å². The number of rotatable bonds is 6. The zero-order chi connectivity index (χ0) is 21.5. The summed E-state index contributed by atoms with van der Waals surface area (Å²) in [5.41, 5.74) is 3.69. The molecule has 1 saturated heterocycles. The van der Waals surface area contributed by atoms with E-state index in [9.17, 15) is 0 Å². The molecular weight excluding hydrogens is 513 g/mol. The number of hydrogen-bond acceptors (Lipinski definition) is 4. The number of nitrogens with zero attached hydrogens (tertiary/aromatic N) is 3. The highest BCUT2D eigenvalue weighted by atomic mass is 127. The molecule has 0 radical (unpaired) electrons. The third-order valence-corrected chi connectivity index (χ3v) is 5.97. The molecule has 0 aromatic heterocycles. The number of piperidine rings is 1. The van der Waals surface area contributed by atoms with Crippen LogP contribution in [0, 0.1) is 0 Å². The Morgan fingerprint density at radius 1 is 1.09 bits per heavy atom. The van der Waals surface area contributed by atoms with Gasteiger partial charge in [-0.1, -0.05) is 36.4 Å². The fourth-order valence-electron chi connectivity index (χ4n) is 4.33. The van der Waals surface area contributed by atoms with E-state index in [0.717, 1.165) is 63.0 Å². The minimum atomic E-state index is 0. The Hall–Kier alpha value is -2.42. The van der Waals surface area contributed by atoms with Crippen molar-refractivity contribution in [1.29, 1.82) is 0 Å². The first kappa shape index (κ1) is 24.2. The molecule has 0 saturated carbocycles. The molecule has 2 aliphatic heterocycles. The summed E-state index contributed by atoms with van der Waals surface area (Å²) in [5, 5.41) is 7.11. The van der Waals surface area contributed by atoms with Crippen LogP contribution in [-0.4, -0.2) is 52.3 Å². The summed E-state index contributed by atoms with van der Waals surface area (Å²) in [6.45, 7) is 4.70. The van der Waals surface area contributed by atoms with Crippen LogP contribution in [0.15, 0.2) is 65.7 Å². The van der Waals surface area contributed by atoms with E-state index in [-0.39, 0.29) is 24.0 Å². The lowest BCUT2D eigenvalue weighted by molar-refractivity contribution is 0.408. The van der Waals surface area contributed by atoms with Crippen molar-refractivity contribution in [3.63, 3.8) is 0 Å². The summed E-state index contributed by atoms with van der Waals surface area (Å²) in [6, 6.07) is 17.3. The molecule has 1 atom stereocenters. The molecule has 0 aliphatic carbocycles. The van der Waals surface area contributed by atoms with E-state index < -0.39 is 0 Å². The molecule has 2 aliphatic rings. The predicted molar refractivity (Wildman–Crippen MR) is 145 cm³/mol. The molecule has 7 heteroatoms. The summed E-state index contributed by atoms with van der Waals surface area (Å²) in [6.07, 6.45) is 6.70. The highest BCUT2D eigenvalue weighted by molar-refractivity contribution is 14.0. The molecule has 2 N–H and O–H groups in total. The van der Waals surface area contributed by atoms with E-state index in [4.69, 9.17) is 4.74 Å². The highest BCUT2D eigenvalue weighted by Gasteiger charge is 2.22. The van der Waals surface area contributed by atoms with Crippen LogP contribution in [0.1, 0.15) is 18.4 Å². The predicted octanol–water partition coefficient (Wildman–Crippen LogP) is 4.02. The van der Waals surface area contributed by atoms with Crippen LogP contribution in [0.25, 0.3) is 0 Å². The number of halogens is 1. The van der Waals surface area contributed by atoms with Gasteiger partial charge in [0.25, 0.3) is 0 Å². The van der Waals surface area contributed by atoms with Gasteiger partial charge in [-0.15, -0.1) is 24.0 Å². The summed E-state index contributed by atoms with van der Waals surface area (Å²) in [7, 11) is 3.57. The van der Waals surface area contributed by atoms with Crippen molar-refractivity contribution in [2.75, 3.05) is 50.1 Å². The van der Waals surface area contributed by atoms with Crippen molar-refractivity contribution in [2.24, 2.45) is 4.99 Å². The highest BCUT2D eigenvalue weighted by Crippen LogP contribution is 2.29. The van der Waals surface area contributed by atoms with Crippen LogP contribution < -0.4 is 25.2 Å². The zero-order valence-corrected chi connectivity index (χ0v) is 21.3. The van der Waals surface area contributed by atoms with E-state index in [1.807, 2.05) is 19.2 Å². The number of para-hydroxylation sites is 2. The molecule has 0 amide bonds. The Bertz CT molecular complexity index is 924. The lowest BCUT2D eigenvalue weighted by atomic mass is 10.0. The second-order valence-corrected chi connectivity index (χ2v) is 8.07. The summed E-state index contributed by atoms with van der Waals surface area (Å²) in [4.78, 5) is 9.23. The average molecular weight is 547 g/mol. The van der Waals surface area contributed by atoms with Gasteiger partial charge in [0, 0.05) is 51.5 Å². The molecule has 2 aromatic carbocycles. The Morgan fingerprint density at radius 3 is 2.69 bits per heavy atom. The minimum Gasteiger partial charge on any atom is -0.495 e. The molecule has 6 nitrogen and oxygen atoms in total. The molecule has 2 heterocycles. The molecular formula is C25H34IN5O. The normalized spacial score (nSPS) is 18.3. The van der Waals surface area contributed by atoms with Gasteiger partial charge in [0.05, 0.1) is 12.8 Å². The Kier molecular flexibility index (Phi) is 9.08. The van der Waals surface area contributed by atoms with E-state index in [1.54, 1.807) is 7.11 Å². The molecule has 4 rings (SSSR count). The molecule has 1 unspecified atom stereocenters. The van der Waals surface area contributed by atoms with Crippen LogP contribution in [0.4, 0.5) is 11.4 Å². The maximum atomic E-state index is 5.56. The van der Waals surface area contributed by atoms with Crippen LogP contribution in [0.3, 0.4) is 0 Å². The fraction of sp³-hybridized carbons (Fsp3) is 0.400.